The van der Waals surface area contributed by atoms with Gasteiger partial charge < -0.3 is 0 Å². The van der Waals surface area contributed by atoms with E-state index in [1.54, 1.807) is 0 Å². The second-order valence-electron chi connectivity index (χ2n) is 7.91. The number of hydrogen-bond acceptors (Lipinski definition) is 0. The summed E-state index contributed by atoms with van der Waals surface area (Å²) in [5, 5.41) is 7.97. The molecule has 5 aromatic carbocycles. The van der Waals surface area contributed by atoms with Crippen LogP contribution in [0.2, 0.25) is 0 Å². The minimum atomic E-state index is 0. The lowest BCUT2D eigenvalue weighted by Gasteiger charge is -2.04. The molecule has 0 bridgehead atoms. The van der Waals surface area contributed by atoms with Crippen LogP contribution in [0.5, 0.6) is 0 Å². The summed E-state index contributed by atoms with van der Waals surface area (Å²) < 4.78 is 0. The Hall–Kier alpha value is -3.12. The summed E-state index contributed by atoms with van der Waals surface area (Å²) in [5.41, 5.74) is 5.29. The molecule has 0 saturated heterocycles. The fraction of sp³-hybridized carbons (Fsp3) is 0.200. The largest absolute Gasteiger partial charge is 0.0776 e. The van der Waals surface area contributed by atoms with Crippen LogP contribution in [-0.2, 0) is 0 Å². The molecule has 0 heteroatoms. The Bertz CT molecular complexity index is 1190. The molecular formula is C30H34. The molecule has 0 N–H and O–H groups in total. The highest BCUT2D eigenvalue weighted by Gasteiger charge is 1.98. The van der Waals surface area contributed by atoms with Gasteiger partial charge in [0.2, 0.25) is 0 Å². The summed E-state index contributed by atoms with van der Waals surface area (Å²) in [6.07, 6.45) is 0. The van der Waals surface area contributed by atoms with Crippen LogP contribution in [0.3, 0.4) is 0 Å². The first-order valence-electron chi connectivity index (χ1n) is 9.86. The molecule has 0 nitrogen and oxygen atoms in total. The maximum Gasteiger partial charge on any atom is -0.0175 e. The molecule has 0 amide bonds. The van der Waals surface area contributed by atoms with Crippen molar-refractivity contribution in [2.24, 2.45) is 0 Å². The van der Waals surface area contributed by atoms with E-state index in [0.717, 1.165) is 0 Å². The normalized spacial score (nSPS) is 10.1. The number of aryl methyl sites for hydroxylation is 4. The fourth-order valence-electron chi connectivity index (χ4n) is 3.72. The van der Waals surface area contributed by atoms with Crippen molar-refractivity contribution in [1.82, 2.24) is 0 Å². The summed E-state index contributed by atoms with van der Waals surface area (Å²) in [7, 11) is 0. The standard InChI is InChI=1S/C16H14.C12H12.2CH4/c1-11-3-5-13-10-16-8-12(2)4-6-14(16)9-15(13)7-11;1-9-3-5-12-8-10(2)4-6-11(12)7-9;;/h3-10H,1-2H3;3-8H,1-2H3;2*1H4. The van der Waals surface area contributed by atoms with E-state index in [1.807, 2.05) is 0 Å². The van der Waals surface area contributed by atoms with Gasteiger partial charge in [0.15, 0.2) is 0 Å². The van der Waals surface area contributed by atoms with Crippen LogP contribution < -0.4 is 0 Å². The van der Waals surface area contributed by atoms with Gasteiger partial charge in [-0.3, -0.25) is 0 Å². The second kappa shape index (κ2) is 9.59. The van der Waals surface area contributed by atoms with Crippen molar-refractivity contribution in [2.75, 3.05) is 0 Å². The molecule has 0 aromatic heterocycles. The van der Waals surface area contributed by atoms with Crippen LogP contribution in [0.15, 0.2) is 84.9 Å². The molecule has 0 radical (unpaired) electrons. The third-order valence-corrected chi connectivity index (χ3v) is 5.26. The fourth-order valence-corrected chi connectivity index (χ4v) is 3.72. The number of hydrogen-bond donors (Lipinski definition) is 0. The van der Waals surface area contributed by atoms with Crippen LogP contribution in [0.1, 0.15) is 37.1 Å². The highest BCUT2D eigenvalue weighted by Crippen LogP contribution is 2.24. The molecule has 0 aliphatic rings. The van der Waals surface area contributed by atoms with Gasteiger partial charge in [0.1, 0.15) is 0 Å². The minimum absolute atomic E-state index is 0. The van der Waals surface area contributed by atoms with Gasteiger partial charge in [0, 0.05) is 0 Å². The van der Waals surface area contributed by atoms with E-state index in [2.05, 4.69) is 113 Å². The molecule has 0 saturated carbocycles. The lowest BCUT2D eigenvalue weighted by molar-refractivity contribution is 1.47. The molecule has 0 aliphatic carbocycles. The van der Waals surface area contributed by atoms with Gasteiger partial charge in [-0.25, -0.2) is 0 Å². The van der Waals surface area contributed by atoms with E-state index >= 15 is 0 Å². The van der Waals surface area contributed by atoms with Crippen LogP contribution in [0.25, 0.3) is 32.3 Å². The van der Waals surface area contributed by atoms with Crippen molar-refractivity contribution in [3.05, 3.63) is 107 Å². The average Bonchev–Trinajstić information content (AvgIpc) is 2.67. The Morgan fingerprint density at radius 1 is 0.300 bits per heavy atom. The third-order valence-electron chi connectivity index (χ3n) is 5.26. The summed E-state index contributed by atoms with van der Waals surface area (Å²) in [6, 6.07) is 30.9. The molecule has 0 aliphatic heterocycles. The smallest absolute Gasteiger partial charge is 0.0175 e. The number of benzene rings is 5. The first kappa shape index (κ1) is 23.2. The van der Waals surface area contributed by atoms with Gasteiger partial charge in [-0.2, -0.15) is 0 Å². The molecule has 5 aromatic rings. The molecule has 30 heavy (non-hydrogen) atoms. The highest BCUT2D eigenvalue weighted by atomic mass is 14.0. The third kappa shape index (κ3) is 5.07. The number of fused-ring (bicyclic) bond motifs is 3. The Morgan fingerprint density at radius 3 is 0.833 bits per heavy atom. The van der Waals surface area contributed by atoms with Gasteiger partial charge in [0.25, 0.3) is 0 Å². The van der Waals surface area contributed by atoms with Crippen LogP contribution in [0, 0.1) is 27.7 Å². The Balaban J connectivity index is 0.000000207. The predicted octanol–water partition coefficient (Wildman–Crippen LogP) is 9.34. The van der Waals surface area contributed by atoms with Crippen molar-refractivity contribution in [3.8, 4) is 0 Å². The van der Waals surface area contributed by atoms with Gasteiger partial charge in [0.05, 0.1) is 0 Å². The summed E-state index contributed by atoms with van der Waals surface area (Å²) >= 11 is 0. The van der Waals surface area contributed by atoms with Gasteiger partial charge >= 0.3 is 0 Å². The summed E-state index contributed by atoms with van der Waals surface area (Å²) in [5.74, 6) is 0. The summed E-state index contributed by atoms with van der Waals surface area (Å²) in [4.78, 5) is 0. The van der Waals surface area contributed by atoms with Crippen molar-refractivity contribution in [2.45, 2.75) is 42.5 Å². The topological polar surface area (TPSA) is 0 Å². The molecule has 0 fully saturated rings. The summed E-state index contributed by atoms with van der Waals surface area (Å²) in [6.45, 7) is 8.52. The monoisotopic (exact) mass is 394 g/mol. The lowest BCUT2D eigenvalue weighted by atomic mass is 10.0. The van der Waals surface area contributed by atoms with Crippen LogP contribution in [-0.4, -0.2) is 0 Å². The first-order chi connectivity index (χ1) is 13.5. The highest BCUT2D eigenvalue weighted by molar-refractivity contribution is 5.98. The SMILES string of the molecule is C.C.Cc1ccc2cc(C)ccc2c1.Cc1ccc2cc3cc(C)ccc3cc2c1. The Morgan fingerprint density at radius 2 is 0.533 bits per heavy atom. The second-order valence-corrected chi connectivity index (χ2v) is 7.91. The van der Waals surface area contributed by atoms with Crippen molar-refractivity contribution < 1.29 is 0 Å². The van der Waals surface area contributed by atoms with E-state index in [9.17, 15) is 0 Å². The number of rotatable bonds is 0. The van der Waals surface area contributed by atoms with Gasteiger partial charge in [-0.15, -0.1) is 0 Å². The van der Waals surface area contributed by atoms with Crippen molar-refractivity contribution >= 4 is 32.3 Å². The quantitative estimate of drug-likeness (QED) is 0.229. The molecule has 0 heterocycles. The molecule has 0 atom stereocenters. The molecule has 0 unspecified atom stereocenters. The van der Waals surface area contributed by atoms with Gasteiger partial charge in [-0.05, 0) is 72.1 Å². The Kier molecular flexibility index (Phi) is 7.40. The van der Waals surface area contributed by atoms with Crippen molar-refractivity contribution in [3.63, 3.8) is 0 Å². The minimum Gasteiger partial charge on any atom is -0.0776 e. The van der Waals surface area contributed by atoms with E-state index in [4.69, 9.17) is 0 Å². The van der Waals surface area contributed by atoms with E-state index in [-0.39, 0.29) is 14.9 Å². The first-order valence-corrected chi connectivity index (χ1v) is 9.86. The van der Waals surface area contributed by atoms with Gasteiger partial charge in [-0.1, -0.05) is 110 Å². The zero-order chi connectivity index (χ0) is 19.7. The molecular weight excluding hydrogens is 360 g/mol. The van der Waals surface area contributed by atoms with Crippen molar-refractivity contribution in [1.29, 1.82) is 0 Å². The maximum atomic E-state index is 2.27. The lowest BCUT2D eigenvalue weighted by Crippen LogP contribution is -1.79. The Labute approximate surface area is 182 Å². The van der Waals surface area contributed by atoms with E-state index < -0.39 is 0 Å². The molecule has 154 valence electrons. The van der Waals surface area contributed by atoms with E-state index in [1.165, 1.54) is 54.6 Å². The van der Waals surface area contributed by atoms with Crippen LogP contribution >= 0.6 is 0 Å². The predicted molar refractivity (Wildman–Crippen MR) is 138 cm³/mol. The molecule has 0 spiro atoms. The zero-order valence-electron chi connectivity index (χ0n) is 17.1. The van der Waals surface area contributed by atoms with E-state index in [0.29, 0.717) is 0 Å². The maximum absolute atomic E-state index is 2.27. The molecule has 5 rings (SSSR count). The zero-order valence-corrected chi connectivity index (χ0v) is 17.1. The van der Waals surface area contributed by atoms with Crippen LogP contribution in [0.4, 0.5) is 0 Å². The average molecular weight is 395 g/mol.